The van der Waals surface area contributed by atoms with Crippen molar-refractivity contribution in [2.45, 2.75) is 83.1 Å². The van der Waals surface area contributed by atoms with Crippen LogP contribution in [0.15, 0.2) is 0 Å². The molecule has 5 fully saturated rings. The molecular formula is C21H34N4O3. The minimum absolute atomic E-state index is 0.0112. The molecule has 5 rings (SSSR count). The second-order valence-electron chi connectivity index (χ2n) is 9.69. The second kappa shape index (κ2) is 8.29. The van der Waals surface area contributed by atoms with Crippen LogP contribution in [0, 0.1) is 23.2 Å². The third-order valence-corrected chi connectivity index (χ3v) is 7.41. The molecule has 0 unspecified atom stereocenters. The van der Waals surface area contributed by atoms with Crippen LogP contribution in [0.4, 0.5) is 4.79 Å². The Morgan fingerprint density at radius 1 is 0.821 bits per heavy atom. The topological polar surface area (TPSA) is 99.3 Å². The molecule has 5 aliphatic rings. The van der Waals surface area contributed by atoms with Crippen molar-refractivity contribution in [2.75, 3.05) is 6.54 Å². The highest BCUT2D eigenvalue weighted by Crippen LogP contribution is 2.60. The summed E-state index contributed by atoms with van der Waals surface area (Å²) in [6.45, 7) is 0.262. The molecule has 28 heavy (non-hydrogen) atoms. The summed E-state index contributed by atoms with van der Waals surface area (Å²) in [5.74, 6) is 1.80. The fourth-order valence-electron chi connectivity index (χ4n) is 6.48. The van der Waals surface area contributed by atoms with E-state index in [1.54, 1.807) is 0 Å². The molecule has 0 radical (unpaired) electrons. The first-order chi connectivity index (χ1) is 13.5. The molecule has 0 saturated heterocycles. The Morgan fingerprint density at radius 3 is 2.04 bits per heavy atom. The standard InChI is InChI=1S/C21H34N4O3/c26-18(6-7-22-20(28)23-17-4-2-1-3-5-17)24-25-19(27)21-11-14-8-15(12-21)10-16(9-14)13-21/h14-17H,1-13H2,(H,24,26)(H,25,27)(H2,22,23,28). The number of hydrogen-bond acceptors (Lipinski definition) is 3. The maximum absolute atomic E-state index is 12.8. The lowest BCUT2D eigenvalue weighted by Gasteiger charge is -2.55. The summed E-state index contributed by atoms with van der Waals surface area (Å²) in [6.07, 6.45) is 12.6. The molecule has 0 heterocycles. The highest BCUT2D eigenvalue weighted by Gasteiger charge is 2.54. The highest BCUT2D eigenvalue weighted by atomic mass is 16.2. The van der Waals surface area contributed by atoms with Crippen LogP contribution >= 0.6 is 0 Å². The van der Waals surface area contributed by atoms with E-state index in [-0.39, 0.29) is 42.3 Å². The van der Waals surface area contributed by atoms with Crippen LogP contribution in [0.5, 0.6) is 0 Å². The summed E-state index contributed by atoms with van der Waals surface area (Å²) in [5, 5.41) is 5.70. The maximum atomic E-state index is 12.8. The Labute approximate surface area is 167 Å². The molecule has 4 N–H and O–H groups in total. The Hall–Kier alpha value is -1.79. The fraction of sp³-hybridized carbons (Fsp3) is 0.857. The molecule has 0 atom stereocenters. The van der Waals surface area contributed by atoms with Crippen molar-refractivity contribution < 1.29 is 14.4 Å². The third-order valence-electron chi connectivity index (χ3n) is 7.41. The molecule has 5 aliphatic carbocycles. The summed E-state index contributed by atoms with van der Waals surface area (Å²) in [7, 11) is 0. The van der Waals surface area contributed by atoms with Gasteiger partial charge in [-0.15, -0.1) is 0 Å². The van der Waals surface area contributed by atoms with Crippen molar-refractivity contribution in [3.63, 3.8) is 0 Å². The lowest BCUT2D eigenvalue weighted by atomic mass is 9.49. The molecule has 0 aromatic rings. The maximum Gasteiger partial charge on any atom is 0.315 e. The summed E-state index contributed by atoms with van der Waals surface area (Å²) < 4.78 is 0. The van der Waals surface area contributed by atoms with Gasteiger partial charge in [0.05, 0.1) is 5.41 Å². The van der Waals surface area contributed by atoms with Crippen LogP contribution in [0.2, 0.25) is 0 Å². The Bertz CT molecular complexity index is 579. The zero-order chi connectivity index (χ0) is 19.6. The summed E-state index contributed by atoms with van der Waals surface area (Å²) in [6, 6.07) is 0.0412. The zero-order valence-electron chi connectivity index (χ0n) is 16.7. The molecule has 5 saturated carbocycles. The van der Waals surface area contributed by atoms with E-state index in [4.69, 9.17) is 0 Å². The largest absolute Gasteiger partial charge is 0.338 e. The second-order valence-corrected chi connectivity index (χ2v) is 9.69. The van der Waals surface area contributed by atoms with E-state index in [0.29, 0.717) is 17.8 Å². The van der Waals surface area contributed by atoms with E-state index < -0.39 is 0 Å². The number of hydrogen-bond donors (Lipinski definition) is 4. The van der Waals surface area contributed by atoms with Crippen molar-refractivity contribution in [1.82, 2.24) is 21.5 Å². The van der Waals surface area contributed by atoms with Gasteiger partial charge in [0.2, 0.25) is 11.8 Å². The quantitative estimate of drug-likeness (QED) is 0.542. The van der Waals surface area contributed by atoms with E-state index in [1.165, 1.54) is 25.7 Å². The number of amides is 4. The molecule has 7 nitrogen and oxygen atoms in total. The van der Waals surface area contributed by atoms with Gasteiger partial charge in [-0.05, 0) is 69.1 Å². The first-order valence-electron chi connectivity index (χ1n) is 11.2. The van der Waals surface area contributed by atoms with Crippen molar-refractivity contribution in [1.29, 1.82) is 0 Å². The van der Waals surface area contributed by atoms with E-state index in [1.807, 2.05) is 0 Å². The Kier molecular flexibility index (Phi) is 5.78. The number of carbonyl (C=O) groups excluding carboxylic acids is 3. The van der Waals surface area contributed by atoms with Crippen LogP contribution in [0.1, 0.15) is 77.0 Å². The van der Waals surface area contributed by atoms with Gasteiger partial charge in [0.15, 0.2) is 0 Å². The molecule has 0 aromatic heterocycles. The first kappa shape index (κ1) is 19.5. The minimum Gasteiger partial charge on any atom is -0.338 e. The molecule has 0 aromatic carbocycles. The van der Waals surface area contributed by atoms with Gasteiger partial charge in [-0.3, -0.25) is 20.4 Å². The number of nitrogens with one attached hydrogen (secondary N) is 4. The predicted octanol–water partition coefficient (Wildman–Crippen LogP) is 2.37. The van der Waals surface area contributed by atoms with E-state index >= 15 is 0 Å². The van der Waals surface area contributed by atoms with Crippen LogP contribution < -0.4 is 21.5 Å². The zero-order valence-corrected chi connectivity index (χ0v) is 16.7. The first-order valence-corrected chi connectivity index (χ1v) is 11.2. The van der Waals surface area contributed by atoms with Crippen molar-refractivity contribution in [2.24, 2.45) is 23.2 Å². The van der Waals surface area contributed by atoms with Gasteiger partial charge in [0.1, 0.15) is 0 Å². The third kappa shape index (κ3) is 4.44. The summed E-state index contributed by atoms with van der Waals surface area (Å²) in [4.78, 5) is 36.7. The van der Waals surface area contributed by atoms with Gasteiger partial charge in [-0.25, -0.2) is 4.79 Å². The van der Waals surface area contributed by atoms with Crippen LogP contribution in [-0.4, -0.2) is 30.4 Å². The fourth-order valence-corrected chi connectivity index (χ4v) is 6.48. The van der Waals surface area contributed by atoms with Crippen LogP contribution in [0.3, 0.4) is 0 Å². The van der Waals surface area contributed by atoms with Crippen LogP contribution in [0.25, 0.3) is 0 Å². The average Bonchev–Trinajstić information content (AvgIpc) is 2.66. The van der Waals surface area contributed by atoms with Gasteiger partial charge < -0.3 is 10.6 Å². The SMILES string of the molecule is O=C(CCNC(=O)NC1CCCCC1)NNC(=O)C12CC3CC(CC(C3)C1)C2. The van der Waals surface area contributed by atoms with E-state index in [2.05, 4.69) is 21.5 Å². The normalized spacial score (nSPS) is 33.9. The highest BCUT2D eigenvalue weighted by molar-refractivity contribution is 5.86. The lowest BCUT2D eigenvalue weighted by Crippen LogP contribution is -2.56. The van der Waals surface area contributed by atoms with Crippen molar-refractivity contribution in [3.05, 3.63) is 0 Å². The smallest absolute Gasteiger partial charge is 0.315 e. The van der Waals surface area contributed by atoms with Gasteiger partial charge in [0.25, 0.3) is 0 Å². The molecule has 4 bridgehead atoms. The average molecular weight is 391 g/mol. The Balaban J connectivity index is 1.14. The van der Waals surface area contributed by atoms with Crippen molar-refractivity contribution in [3.8, 4) is 0 Å². The van der Waals surface area contributed by atoms with Gasteiger partial charge in [-0.2, -0.15) is 0 Å². The molecule has 156 valence electrons. The van der Waals surface area contributed by atoms with Crippen molar-refractivity contribution >= 4 is 17.8 Å². The summed E-state index contributed by atoms with van der Waals surface area (Å²) >= 11 is 0. The minimum atomic E-state index is -0.268. The molecule has 0 aliphatic heterocycles. The Morgan fingerprint density at radius 2 is 1.43 bits per heavy atom. The predicted molar refractivity (Wildman–Crippen MR) is 105 cm³/mol. The lowest BCUT2D eigenvalue weighted by molar-refractivity contribution is -0.148. The molecule has 7 heteroatoms. The molecule has 0 spiro atoms. The van der Waals surface area contributed by atoms with E-state index in [9.17, 15) is 14.4 Å². The number of urea groups is 1. The van der Waals surface area contributed by atoms with Crippen LogP contribution in [-0.2, 0) is 9.59 Å². The monoisotopic (exact) mass is 390 g/mol. The number of rotatable bonds is 5. The van der Waals surface area contributed by atoms with Gasteiger partial charge in [0, 0.05) is 19.0 Å². The number of carbonyl (C=O) groups is 3. The number of hydrazine groups is 1. The van der Waals surface area contributed by atoms with Gasteiger partial charge >= 0.3 is 6.03 Å². The molecular weight excluding hydrogens is 356 g/mol. The van der Waals surface area contributed by atoms with E-state index in [0.717, 1.165) is 44.9 Å². The van der Waals surface area contributed by atoms with Gasteiger partial charge in [-0.1, -0.05) is 19.3 Å². The molecule has 4 amide bonds. The summed E-state index contributed by atoms with van der Waals surface area (Å²) in [5.41, 5.74) is 4.97.